The van der Waals surface area contributed by atoms with Gasteiger partial charge in [0.25, 0.3) is 0 Å². The predicted octanol–water partition coefficient (Wildman–Crippen LogP) is 4.74. The quantitative estimate of drug-likeness (QED) is 0.104. The Labute approximate surface area is 349 Å². The van der Waals surface area contributed by atoms with Gasteiger partial charge in [-0.05, 0) is 59.2 Å². The lowest BCUT2D eigenvalue weighted by molar-refractivity contribution is -0.00504. The van der Waals surface area contributed by atoms with Gasteiger partial charge in [-0.25, -0.2) is 0 Å². The molecule has 6 aromatic carbocycles. The van der Waals surface area contributed by atoms with E-state index in [1.807, 2.05) is 0 Å². The molecule has 0 saturated carbocycles. The van der Waals surface area contributed by atoms with E-state index in [9.17, 15) is 71.5 Å². The zero-order valence-corrected chi connectivity index (χ0v) is 31.9. The van der Waals surface area contributed by atoms with Crippen molar-refractivity contribution in [3.05, 3.63) is 129 Å². The van der Waals surface area contributed by atoms with Crippen LogP contribution in [0.15, 0.2) is 84.9 Å². The second kappa shape index (κ2) is 14.5. The summed E-state index contributed by atoms with van der Waals surface area (Å²) in [5.74, 6) is -9.29. The number of ether oxygens (including phenoxy) is 3. The Kier molecular flexibility index (Phi) is 9.35. The molecule has 17 nitrogen and oxygen atoms in total. The summed E-state index contributed by atoms with van der Waals surface area (Å²) in [6.07, 6.45) is -9.31. The summed E-state index contributed by atoms with van der Waals surface area (Å²) in [5, 5.41) is 154. The number of hydrogen-bond acceptors (Lipinski definition) is 17. The molecule has 3 heterocycles. The summed E-state index contributed by atoms with van der Waals surface area (Å²) in [4.78, 5) is 0. The molecule has 6 aromatic rings. The topological polar surface area (TPSA) is 311 Å². The van der Waals surface area contributed by atoms with Crippen molar-refractivity contribution in [2.24, 2.45) is 0 Å². The Morgan fingerprint density at radius 2 is 0.871 bits per heavy atom. The van der Waals surface area contributed by atoms with Crippen molar-refractivity contribution >= 4 is 0 Å². The Morgan fingerprint density at radius 1 is 0.387 bits per heavy atom. The molecule has 0 spiro atoms. The second-order valence-electron chi connectivity index (χ2n) is 15.5. The first-order valence-electron chi connectivity index (χ1n) is 19.1. The van der Waals surface area contributed by atoms with Crippen LogP contribution in [-0.4, -0.2) is 89.8 Å². The minimum atomic E-state index is -1.76. The van der Waals surface area contributed by atoms with E-state index in [0.29, 0.717) is 0 Å². The Bertz CT molecular complexity index is 2790. The number of rotatable bonds is 5. The van der Waals surface area contributed by atoms with Crippen molar-refractivity contribution in [2.45, 2.75) is 54.9 Å². The Hall–Kier alpha value is -7.60. The third kappa shape index (κ3) is 6.29. The zero-order valence-electron chi connectivity index (χ0n) is 31.9. The van der Waals surface area contributed by atoms with Crippen molar-refractivity contribution < 1.29 is 85.7 Å². The van der Waals surface area contributed by atoms with Crippen LogP contribution < -0.4 is 14.2 Å². The molecule has 0 fully saturated rings. The number of phenolic OH excluding ortho intramolecular Hbond substituents is 11. The van der Waals surface area contributed by atoms with Gasteiger partial charge in [0, 0.05) is 58.4 Å². The minimum absolute atomic E-state index is 0.0149. The minimum Gasteiger partial charge on any atom is -0.508 e. The molecule has 17 heteroatoms. The van der Waals surface area contributed by atoms with Gasteiger partial charge in [-0.3, -0.25) is 0 Å². The lowest BCUT2D eigenvalue weighted by Crippen LogP contribution is -2.39. The molecule has 8 atom stereocenters. The number of phenols is 11. The molecule has 0 saturated heterocycles. The van der Waals surface area contributed by atoms with Gasteiger partial charge in [-0.1, -0.05) is 24.3 Å². The summed E-state index contributed by atoms with van der Waals surface area (Å²) in [6, 6.07) is 16.6. The van der Waals surface area contributed by atoms with Crippen molar-refractivity contribution in [1.29, 1.82) is 0 Å². The van der Waals surface area contributed by atoms with E-state index < -0.39 is 112 Å². The number of fused-ring (bicyclic) bond motifs is 3. The molecule has 0 unspecified atom stereocenters. The van der Waals surface area contributed by atoms with Gasteiger partial charge >= 0.3 is 0 Å². The maximum atomic E-state index is 12.5. The normalized spacial score (nSPS) is 23.8. The fraction of sp³-hybridized carbons (Fsp3) is 0.200. The predicted molar refractivity (Wildman–Crippen MR) is 212 cm³/mol. The standard InChI is InChI=1S/C45H38O17/c46-19-12-30(55)35-33(13-19)60-42(17-2-6-23(48)28(53)10-17)40(59)38(35)36-25(50)8-4-20-34(39(58)43(62-44(20)36)18-3-7-24(49)29(54)11-18)37-31(56)15-26(51)21-14-32(57)41(61-45(21)37)16-1-5-22(47)27(52)9-16/h1-13,15,32,34,38-43,46-59H,14H2/t32-,34+,38+,39+,40+,41+,42+,43+/m0/s1. The van der Waals surface area contributed by atoms with Gasteiger partial charge < -0.3 is 85.7 Å². The highest BCUT2D eigenvalue weighted by Gasteiger charge is 2.49. The molecule has 3 aliphatic heterocycles. The maximum absolute atomic E-state index is 12.5. The molecule has 3 aliphatic rings. The van der Waals surface area contributed by atoms with E-state index in [0.717, 1.165) is 48.5 Å². The average Bonchev–Trinajstić information content (AvgIpc) is 3.22. The molecular weight excluding hydrogens is 812 g/mol. The van der Waals surface area contributed by atoms with Crippen LogP contribution in [0.3, 0.4) is 0 Å². The summed E-state index contributed by atoms with van der Waals surface area (Å²) < 4.78 is 19.0. The van der Waals surface area contributed by atoms with Crippen LogP contribution in [0.25, 0.3) is 0 Å². The first-order valence-corrected chi connectivity index (χ1v) is 19.1. The number of hydrogen-bond donors (Lipinski definition) is 14. The van der Waals surface area contributed by atoms with E-state index in [1.165, 1.54) is 36.4 Å². The number of aromatic hydroxyl groups is 11. The van der Waals surface area contributed by atoms with E-state index in [1.54, 1.807) is 0 Å². The van der Waals surface area contributed by atoms with E-state index in [2.05, 4.69) is 0 Å². The van der Waals surface area contributed by atoms with Crippen molar-refractivity contribution in [2.75, 3.05) is 0 Å². The van der Waals surface area contributed by atoms with Crippen LogP contribution in [0.2, 0.25) is 0 Å². The third-order valence-corrected chi connectivity index (χ3v) is 11.7. The fourth-order valence-electron chi connectivity index (χ4n) is 8.86. The van der Waals surface area contributed by atoms with Crippen LogP contribution in [0, 0.1) is 0 Å². The molecule has 0 amide bonds. The van der Waals surface area contributed by atoms with Gasteiger partial charge in [0.05, 0.1) is 12.0 Å². The fourth-order valence-corrected chi connectivity index (χ4v) is 8.86. The zero-order chi connectivity index (χ0) is 44.0. The highest BCUT2D eigenvalue weighted by Crippen LogP contribution is 2.60. The molecule has 62 heavy (non-hydrogen) atoms. The lowest BCUT2D eigenvalue weighted by Gasteiger charge is -2.43. The van der Waals surface area contributed by atoms with E-state index >= 15 is 0 Å². The van der Waals surface area contributed by atoms with Crippen molar-refractivity contribution in [1.82, 2.24) is 0 Å². The summed E-state index contributed by atoms with van der Waals surface area (Å²) >= 11 is 0. The Balaban J connectivity index is 1.29. The summed E-state index contributed by atoms with van der Waals surface area (Å²) in [5.41, 5.74) is -0.0583. The smallest absolute Gasteiger partial charge is 0.157 e. The summed E-state index contributed by atoms with van der Waals surface area (Å²) in [7, 11) is 0. The monoisotopic (exact) mass is 850 g/mol. The first kappa shape index (κ1) is 39.8. The van der Waals surface area contributed by atoms with Crippen LogP contribution in [0.5, 0.6) is 80.5 Å². The molecule has 0 radical (unpaired) electrons. The number of aliphatic hydroxyl groups excluding tert-OH is 3. The second-order valence-corrected chi connectivity index (χ2v) is 15.5. The molecule has 0 aromatic heterocycles. The largest absolute Gasteiger partial charge is 0.508 e. The summed E-state index contributed by atoms with van der Waals surface area (Å²) in [6.45, 7) is 0. The van der Waals surface area contributed by atoms with Crippen molar-refractivity contribution in [3.63, 3.8) is 0 Å². The van der Waals surface area contributed by atoms with Gasteiger partial charge in [0.2, 0.25) is 0 Å². The van der Waals surface area contributed by atoms with E-state index in [-0.39, 0.29) is 68.2 Å². The number of aliphatic hydroxyl groups is 3. The van der Waals surface area contributed by atoms with Gasteiger partial charge in [0.1, 0.15) is 64.3 Å². The molecule has 14 N–H and O–H groups in total. The SMILES string of the molecule is Oc1cc(O)c2c(c1)O[C@H](c1ccc(O)c(O)c1)[C@H](O)[C@H]2c1c(O)ccc2c1O[C@H](c1ccc(O)c(O)c1)[C@H](O)[C@H]2c1c(O)cc(O)c2c1O[C@H](c1ccc(O)c(O)c1)[C@@H](O)C2. The van der Waals surface area contributed by atoms with Crippen molar-refractivity contribution in [3.8, 4) is 80.5 Å². The Morgan fingerprint density at radius 3 is 1.45 bits per heavy atom. The first-order chi connectivity index (χ1) is 29.5. The van der Waals surface area contributed by atoms with Gasteiger partial charge in [-0.15, -0.1) is 0 Å². The van der Waals surface area contributed by atoms with Crippen LogP contribution >= 0.6 is 0 Å². The molecule has 9 rings (SSSR count). The molecule has 0 bridgehead atoms. The van der Waals surface area contributed by atoms with Gasteiger partial charge in [-0.2, -0.15) is 0 Å². The molecular formula is C45H38O17. The average molecular weight is 851 g/mol. The van der Waals surface area contributed by atoms with Crippen LogP contribution in [-0.2, 0) is 6.42 Å². The maximum Gasteiger partial charge on any atom is 0.157 e. The van der Waals surface area contributed by atoms with E-state index in [4.69, 9.17) is 14.2 Å². The number of benzene rings is 6. The van der Waals surface area contributed by atoms with Crippen LogP contribution in [0.4, 0.5) is 0 Å². The lowest BCUT2D eigenvalue weighted by atomic mass is 9.74. The molecule has 320 valence electrons. The highest BCUT2D eigenvalue weighted by atomic mass is 16.5. The highest BCUT2D eigenvalue weighted by molar-refractivity contribution is 5.68. The van der Waals surface area contributed by atoms with Gasteiger partial charge in [0.15, 0.2) is 46.7 Å². The van der Waals surface area contributed by atoms with Crippen LogP contribution in [0.1, 0.15) is 74.7 Å². The molecule has 0 aliphatic carbocycles. The third-order valence-electron chi connectivity index (χ3n) is 11.7.